The molecule has 0 amide bonds. The molecular formula is C15H32. The maximum atomic E-state index is 2.43. The smallest absolute Gasteiger partial charge is 0.0386 e. The standard InChI is InChI=1S/C11H20.C3H8.CH4/c1-9-5-7-10-3-2-4-11(10)8-6-9;1-3-2;/h9-11H,2-8H2,1H3;3H2,1-2H3;1H4. The third kappa shape index (κ3) is 5.04. The van der Waals surface area contributed by atoms with Gasteiger partial charge in [-0.15, -0.1) is 0 Å². The topological polar surface area (TPSA) is 0 Å². The van der Waals surface area contributed by atoms with Crippen molar-refractivity contribution in [2.75, 3.05) is 0 Å². The lowest BCUT2D eigenvalue weighted by atomic mass is 9.92. The van der Waals surface area contributed by atoms with E-state index in [1.54, 1.807) is 25.7 Å². The van der Waals surface area contributed by atoms with Crippen LogP contribution >= 0.6 is 0 Å². The monoisotopic (exact) mass is 212 g/mol. The molecule has 0 N–H and O–H groups in total. The molecule has 0 aromatic carbocycles. The zero-order valence-corrected chi connectivity index (χ0v) is 10.4. The second-order valence-corrected chi connectivity index (χ2v) is 5.42. The maximum absolute atomic E-state index is 2.43. The van der Waals surface area contributed by atoms with Crippen LogP contribution in [0.4, 0.5) is 0 Å². The summed E-state index contributed by atoms with van der Waals surface area (Å²) in [6.45, 7) is 6.68. The summed E-state index contributed by atoms with van der Waals surface area (Å²) in [5.41, 5.74) is 0. The molecule has 2 saturated carbocycles. The van der Waals surface area contributed by atoms with Crippen molar-refractivity contribution in [1.82, 2.24) is 0 Å². The Morgan fingerprint density at radius 1 is 0.800 bits per heavy atom. The minimum absolute atomic E-state index is 0. The van der Waals surface area contributed by atoms with E-state index < -0.39 is 0 Å². The van der Waals surface area contributed by atoms with Crippen molar-refractivity contribution in [2.45, 2.75) is 79.6 Å². The second-order valence-electron chi connectivity index (χ2n) is 5.42. The Morgan fingerprint density at radius 3 is 1.60 bits per heavy atom. The van der Waals surface area contributed by atoms with Gasteiger partial charge in [-0.3, -0.25) is 0 Å². The first-order chi connectivity index (χ1) is 6.77. The van der Waals surface area contributed by atoms with Gasteiger partial charge in [0, 0.05) is 0 Å². The van der Waals surface area contributed by atoms with Crippen LogP contribution in [-0.2, 0) is 0 Å². The van der Waals surface area contributed by atoms with Gasteiger partial charge < -0.3 is 0 Å². The average Bonchev–Trinajstić information content (AvgIpc) is 2.54. The molecule has 2 unspecified atom stereocenters. The van der Waals surface area contributed by atoms with Crippen LogP contribution in [0.2, 0.25) is 0 Å². The summed E-state index contributed by atoms with van der Waals surface area (Å²) in [7, 11) is 0. The summed E-state index contributed by atoms with van der Waals surface area (Å²) >= 11 is 0. The molecule has 0 aliphatic heterocycles. The summed E-state index contributed by atoms with van der Waals surface area (Å²) in [5, 5.41) is 0. The third-order valence-electron chi connectivity index (χ3n) is 3.88. The molecule has 2 fully saturated rings. The van der Waals surface area contributed by atoms with Crippen LogP contribution in [0.25, 0.3) is 0 Å². The number of hydrogen-bond acceptors (Lipinski definition) is 0. The fourth-order valence-electron chi connectivity index (χ4n) is 3.02. The average molecular weight is 212 g/mol. The van der Waals surface area contributed by atoms with Crippen molar-refractivity contribution in [1.29, 1.82) is 0 Å². The molecule has 0 nitrogen and oxygen atoms in total. The van der Waals surface area contributed by atoms with Gasteiger partial charge in [-0.2, -0.15) is 0 Å². The van der Waals surface area contributed by atoms with Crippen molar-refractivity contribution in [3.8, 4) is 0 Å². The summed E-state index contributed by atoms with van der Waals surface area (Å²) in [6, 6.07) is 0. The molecule has 0 aromatic heterocycles. The third-order valence-corrected chi connectivity index (χ3v) is 3.88. The maximum Gasteiger partial charge on any atom is -0.0386 e. The molecule has 0 radical (unpaired) electrons. The van der Waals surface area contributed by atoms with E-state index in [1.165, 1.54) is 25.7 Å². The number of rotatable bonds is 0. The van der Waals surface area contributed by atoms with Crippen molar-refractivity contribution in [3.63, 3.8) is 0 Å². The number of fused-ring (bicyclic) bond motifs is 1. The minimum Gasteiger partial charge on any atom is -0.0776 e. The highest BCUT2D eigenvalue weighted by molar-refractivity contribution is 4.81. The van der Waals surface area contributed by atoms with Gasteiger partial charge in [0.25, 0.3) is 0 Å². The first kappa shape index (κ1) is 15.0. The fraction of sp³-hybridized carbons (Fsp3) is 1.00. The zero-order valence-electron chi connectivity index (χ0n) is 10.4. The van der Waals surface area contributed by atoms with Crippen molar-refractivity contribution >= 4 is 0 Å². The molecule has 2 rings (SSSR count). The Morgan fingerprint density at radius 2 is 1.20 bits per heavy atom. The van der Waals surface area contributed by atoms with Crippen LogP contribution in [0.3, 0.4) is 0 Å². The van der Waals surface area contributed by atoms with Crippen LogP contribution < -0.4 is 0 Å². The van der Waals surface area contributed by atoms with Gasteiger partial charge in [0.05, 0.1) is 0 Å². The lowest BCUT2D eigenvalue weighted by molar-refractivity contribution is 0.367. The Hall–Kier alpha value is 0. The molecule has 15 heavy (non-hydrogen) atoms. The largest absolute Gasteiger partial charge is 0.0776 e. The lowest BCUT2D eigenvalue weighted by Crippen LogP contribution is -2.04. The van der Waals surface area contributed by atoms with Gasteiger partial charge >= 0.3 is 0 Å². The van der Waals surface area contributed by atoms with E-state index in [9.17, 15) is 0 Å². The summed E-state index contributed by atoms with van der Waals surface area (Å²) < 4.78 is 0. The van der Waals surface area contributed by atoms with Crippen molar-refractivity contribution in [2.24, 2.45) is 17.8 Å². The number of hydrogen-bond donors (Lipinski definition) is 0. The minimum atomic E-state index is 0. The van der Waals surface area contributed by atoms with Crippen LogP contribution in [0.15, 0.2) is 0 Å². The van der Waals surface area contributed by atoms with E-state index in [4.69, 9.17) is 0 Å². The summed E-state index contributed by atoms with van der Waals surface area (Å²) in [5.74, 6) is 3.31. The van der Waals surface area contributed by atoms with E-state index in [0.717, 1.165) is 17.8 Å². The highest BCUT2D eigenvalue weighted by Crippen LogP contribution is 2.41. The zero-order chi connectivity index (χ0) is 10.4. The van der Waals surface area contributed by atoms with Crippen molar-refractivity contribution in [3.05, 3.63) is 0 Å². The highest BCUT2D eigenvalue weighted by atomic mass is 14.3. The van der Waals surface area contributed by atoms with Gasteiger partial charge in [-0.05, 0) is 30.6 Å². The molecule has 2 aliphatic carbocycles. The van der Waals surface area contributed by atoms with E-state index >= 15 is 0 Å². The van der Waals surface area contributed by atoms with Crippen LogP contribution in [0, 0.1) is 17.8 Å². The van der Waals surface area contributed by atoms with E-state index in [2.05, 4.69) is 20.8 Å². The Bertz CT molecular complexity index is 125. The molecule has 0 heterocycles. The normalized spacial score (nSPS) is 34.2. The van der Waals surface area contributed by atoms with Crippen LogP contribution in [0.5, 0.6) is 0 Å². The molecule has 2 aliphatic rings. The van der Waals surface area contributed by atoms with Gasteiger partial charge in [0.15, 0.2) is 0 Å². The van der Waals surface area contributed by atoms with Gasteiger partial charge in [-0.1, -0.05) is 66.7 Å². The Balaban J connectivity index is 0.000000443. The predicted octanol–water partition coefficient (Wildman–Crippen LogP) is 5.67. The van der Waals surface area contributed by atoms with Gasteiger partial charge in [0.2, 0.25) is 0 Å². The first-order valence-electron chi connectivity index (χ1n) is 6.77. The van der Waals surface area contributed by atoms with Crippen LogP contribution in [-0.4, -0.2) is 0 Å². The van der Waals surface area contributed by atoms with E-state index in [0.29, 0.717) is 0 Å². The molecule has 0 aromatic rings. The van der Waals surface area contributed by atoms with Crippen molar-refractivity contribution < 1.29 is 0 Å². The summed E-state index contributed by atoms with van der Waals surface area (Å²) in [6.07, 6.45) is 12.0. The van der Waals surface area contributed by atoms with Gasteiger partial charge in [0.1, 0.15) is 0 Å². The fourth-order valence-corrected chi connectivity index (χ4v) is 3.02. The van der Waals surface area contributed by atoms with Crippen LogP contribution in [0.1, 0.15) is 79.6 Å². The molecule has 92 valence electrons. The first-order valence-corrected chi connectivity index (χ1v) is 6.77. The molecular weight excluding hydrogens is 180 g/mol. The lowest BCUT2D eigenvalue weighted by Gasteiger charge is -2.14. The Labute approximate surface area is 97.8 Å². The van der Waals surface area contributed by atoms with E-state index in [1.807, 2.05) is 0 Å². The van der Waals surface area contributed by atoms with E-state index in [-0.39, 0.29) is 7.43 Å². The van der Waals surface area contributed by atoms with Gasteiger partial charge in [-0.25, -0.2) is 0 Å². The second kappa shape index (κ2) is 8.19. The predicted molar refractivity (Wildman–Crippen MR) is 71.2 cm³/mol. The molecule has 2 atom stereocenters. The molecule has 0 heteroatoms. The highest BCUT2D eigenvalue weighted by Gasteiger charge is 2.29. The SMILES string of the molecule is C.CC1CCC2CCCC2CC1.CCC. The quantitative estimate of drug-likeness (QED) is 0.485. The molecule has 0 saturated heterocycles. The molecule has 0 bridgehead atoms. The summed E-state index contributed by atoms with van der Waals surface area (Å²) in [4.78, 5) is 0. The Kier molecular flexibility index (Phi) is 8.19. The molecule has 0 spiro atoms.